The lowest BCUT2D eigenvalue weighted by Gasteiger charge is -2.16. The molecule has 1 heterocycles. The second kappa shape index (κ2) is 5.27. The molecule has 1 unspecified atom stereocenters. The van der Waals surface area contributed by atoms with Gasteiger partial charge in [-0.25, -0.2) is 4.98 Å². The van der Waals surface area contributed by atoms with Gasteiger partial charge in [-0.2, -0.15) is 0 Å². The fourth-order valence-corrected chi connectivity index (χ4v) is 2.34. The molecule has 2 aromatic rings. The number of ether oxygens (including phenoxy) is 1. The summed E-state index contributed by atoms with van der Waals surface area (Å²) in [5, 5.41) is 21.9. The maximum absolute atomic E-state index is 10.3. The van der Waals surface area contributed by atoms with E-state index < -0.39 is 6.10 Å². The molecular weight excluding hydrogens is 238 g/mol. The van der Waals surface area contributed by atoms with Gasteiger partial charge in [0.15, 0.2) is 0 Å². The number of hydrogen-bond donors (Lipinski definition) is 2. The normalized spacial score (nSPS) is 12.4. The van der Waals surface area contributed by atoms with Crippen molar-refractivity contribution in [2.45, 2.75) is 12.7 Å². The molecule has 5 heteroatoms. The number of aromatic nitrogens is 1. The van der Waals surface area contributed by atoms with Gasteiger partial charge in [0.25, 0.3) is 0 Å². The molecule has 1 aromatic carbocycles. The van der Waals surface area contributed by atoms with E-state index in [0.717, 1.165) is 0 Å². The van der Waals surface area contributed by atoms with E-state index in [1.165, 1.54) is 18.4 Å². The summed E-state index contributed by atoms with van der Waals surface area (Å²) in [5.41, 5.74) is 1.22. The summed E-state index contributed by atoms with van der Waals surface area (Å²) in [6, 6.07) is 5.29. The van der Waals surface area contributed by atoms with Crippen molar-refractivity contribution in [2.75, 3.05) is 7.11 Å². The minimum atomic E-state index is -0.867. The highest BCUT2D eigenvalue weighted by atomic mass is 32.1. The lowest BCUT2D eigenvalue weighted by Crippen LogP contribution is -2.06. The summed E-state index contributed by atoms with van der Waals surface area (Å²) in [4.78, 5) is 4.07. The van der Waals surface area contributed by atoms with Gasteiger partial charge in [-0.1, -0.05) is 12.1 Å². The third-order valence-corrected chi connectivity index (χ3v) is 3.33. The molecule has 2 N–H and O–H groups in total. The lowest BCUT2D eigenvalue weighted by atomic mass is 10.0. The minimum absolute atomic E-state index is 0.144. The second-order valence-corrected chi connectivity index (χ2v) is 4.39. The van der Waals surface area contributed by atoms with Crippen LogP contribution in [-0.4, -0.2) is 22.3 Å². The average Bonchev–Trinajstić information content (AvgIpc) is 2.90. The molecule has 0 bridgehead atoms. The van der Waals surface area contributed by atoms with E-state index in [-0.39, 0.29) is 6.61 Å². The van der Waals surface area contributed by atoms with Crippen LogP contribution in [0.4, 0.5) is 0 Å². The molecular formula is C12H13NO3S. The molecule has 90 valence electrons. The van der Waals surface area contributed by atoms with E-state index in [1.54, 1.807) is 29.8 Å². The van der Waals surface area contributed by atoms with Gasteiger partial charge in [-0.3, -0.25) is 0 Å². The van der Waals surface area contributed by atoms with Crippen molar-refractivity contribution in [2.24, 2.45) is 0 Å². The van der Waals surface area contributed by atoms with Gasteiger partial charge < -0.3 is 14.9 Å². The first-order valence-corrected chi connectivity index (χ1v) is 6.00. The van der Waals surface area contributed by atoms with Crippen LogP contribution < -0.4 is 4.74 Å². The Morgan fingerprint density at radius 3 is 2.88 bits per heavy atom. The summed E-state index contributed by atoms with van der Waals surface area (Å²) in [5.74, 6) is 0.555. The number of aliphatic hydroxyl groups is 2. The first-order valence-electron chi connectivity index (χ1n) is 5.12. The molecule has 0 spiro atoms. The fourth-order valence-electron chi connectivity index (χ4n) is 1.71. The van der Waals surface area contributed by atoms with Crippen LogP contribution in [-0.2, 0) is 6.61 Å². The van der Waals surface area contributed by atoms with Gasteiger partial charge in [0.2, 0.25) is 0 Å². The summed E-state index contributed by atoms with van der Waals surface area (Å²) in [6.07, 6.45) is 0.769. The third-order valence-electron chi connectivity index (χ3n) is 2.51. The zero-order valence-electron chi connectivity index (χ0n) is 9.33. The zero-order chi connectivity index (χ0) is 12.3. The highest BCUT2D eigenvalue weighted by Gasteiger charge is 2.20. The molecule has 0 aliphatic heterocycles. The molecule has 2 rings (SSSR count). The van der Waals surface area contributed by atoms with E-state index in [4.69, 9.17) is 4.74 Å². The number of hydrogen-bond acceptors (Lipinski definition) is 5. The molecule has 0 saturated heterocycles. The van der Waals surface area contributed by atoms with Crippen LogP contribution >= 0.6 is 11.3 Å². The molecule has 0 aliphatic rings. The first kappa shape index (κ1) is 12.0. The third kappa shape index (κ3) is 2.31. The monoisotopic (exact) mass is 251 g/mol. The van der Waals surface area contributed by atoms with Crippen LogP contribution in [0.2, 0.25) is 0 Å². The van der Waals surface area contributed by atoms with Gasteiger partial charge in [0, 0.05) is 17.1 Å². The lowest BCUT2D eigenvalue weighted by molar-refractivity contribution is 0.207. The van der Waals surface area contributed by atoms with Crippen molar-refractivity contribution in [3.63, 3.8) is 0 Å². The minimum Gasteiger partial charge on any atom is -0.496 e. The number of aliphatic hydroxyl groups excluding tert-OH is 2. The Morgan fingerprint density at radius 1 is 1.47 bits per heavy atom. The van der Waals surface area contributed by atoms with E-state index in [9.17, 15) is 10.2 Å². The molecule has 1 atom stereocenters. The van der Waals surface area contributed by atoms with Crippen molar-refractivity contribution < 1.29 is 14.9 Å². The molecule has 17 heavy (non-hydrogen) atoms. The largest absolute Gasteiger partial charge is 0.496 e. The Bertz CT molecular complexity index is 462. The molecule has 0 aliphatic carbocycles. The van der Waals surface area contributed by atoms with Crippen molar-refractivity contribution in [3.05, 3.63) is 45.9 Å². The van der Waals surface area contributed by atoms with E-state index in [0.29, 0.717) is 21.9 Å². The van der Waals surface area contributed by atoms with Crippen LogP contribution in [0.15, 0.2) is 29.8 Å². The van der Waals surface area contributed by atoms with E-state index in [2.05, 4.69) is 4.98 Å². The van der Waals surface area contributed by atoms with Crippen LogP contribution in [0, 0.1) is 0 Å². The van der Waals surface area contributed by atoms with Crippen LogP contribution in [0.25, 0.3) is 0 Å². The van der Waals surface area contributed by atoms with Gasteiger partial charge in [-0.05, 0) is 11.6 Å². The topological polar surface area (TPSA) is 62.6 Å². The molecule has 1 aromatic heterocycles. The summed E-state index contributed by atoms with van der Waals surface area (Å²) in [7, 11) is 1.54. The van der Waals surface area contributed by atoms with Gasteiger partial charge in [0.05, 0.1) is 13.7 Å². The van der Waals surface area contributed by atoms with Crippen molar-refractivity contribution in [3.8, 4) is 5.75 Å². The maximum atomic E-state index is 10.3. The van der Waals surface area contributed by atoms with Crippen molar-refractivity contribution in [1.29, 1.82) is 0 Å². The quantitative estimate of drug-likeness (QED) is 0.868. The Labute approximate surface area is 103 Å². The van der Waals surface area contributed by atoms with Gasteiger partial charge in [-0.15, -0.1) is 11.3 Å². The van der Waals surface area contributed by atoms with Crippen molar-refractivity contribution >= 4 is 11.3 Å². The Morgan fingerprint density at radius 2 is 2.29 bits per heavy atom. The maximum Gasteiger partial charge on any atom is 0.134 e. The molecule has 0 radical (unpaired) electrons. The Hall–Kier alpha value is -1.43. The number of thiazole rings is 1. The molecule has 4 nitrogen and oxygen atoms in total. The van der Waals surface area contributed by atoms with E-state index in [1.807, 2.05) is 0 Å². The van der Waals surface area contributed by atoms with Crippen LogP contribution in [0.5, 0.6) is 5.75 Å². The highest BCUT2D eigenvalue weighted by Crippen LogP contribution is 2.33. The summed E-state index contributed by atoms with van der Waals surface area (Å²) in [6.45, 7) is -0.144. The van der Waals surface area contributed by atoms with Gasteiger partial charge >= 0.3 is 0 Å². The SMILES string of the molecule is COc1cccc(CO)c1C(O)c1nccs1. The number of rotatable bonds is 4. The summed E-state index contributed by atoms with van der Waals surface area (Å²) < 4.78 is 5.21. The Balaban J connectivity index is 2.49. The predicted molar refractivity (Wildman–Crippen MR) is 65.1 cm³/mol. The van der Waals surface area contributed by atoms with Crippen LogP contribution in [0.3, 0.4) is 0 Å². The smallest absolute Gasteiger partial charge is 0.134 e. The standard InChI is InChI=1S/C12H13NO3S/c1-16-9-4-2-3-8(7-14)10(9)11(15)12-13-5-6-17-12/h2-6,11,14-15H,7H2,1H3. The molecule has 0 fully saturated rings. The van der Waals surface area contributed by atoms with E-state index >= 15 is 0 Å². The van der Waals surface area contributed by atoms with Gasteiger partial charge in [0.1, 0.15) is 16.9 Å². The second-order valence-electron chi connectivity index (χ2n) is 3.46. The molecule has 0 amide bonds. The summed E-state index contributed by atoms with van der Waals surface area (Å²) >= 11 is 1.37. The van der Waals surface area contributed by atoms with Crippen LogP contribution in [0.1, 0.15) is 22.2 Å². The highest BCUT2D eigenvalue weighted by molar-refractivity contribution is 7.09. The molecule has 0 saturated carbocycles. The first-order chi connectivity index (χ1) is 8.27. The fraction of sp³-hybridized carbons (Fsp3) is 0.250. The van der Waals surface area contributed by atoms with Crippen molar-refractivity contribution in [1.82, 2.24) is 4.98 Å². The average molecular weight is 251 g/mol. The predicted octanol–water partition coefficient (Wildman–Crippen LogP) is 1.73. The number of benzene rings is 1. The zero-order valence-corrected chi connectivity index (χ0v) is 10.1. The Kier molecular flexibility index (Phi) is 3.73. The number of nitrogens with zero attached hydrogens (tertiary/aromatic N) is 1. The number of methoxy groups -OCH3 is 1.